The summed E-state index contributed by atoms with van der Waals surface area (Å²) in [7, 11) is 0.532. The average molecular weight is 395 g/mol. The number of amides is 1. The number of benzene rings is 1. The van der Waals surface area contributed by atoms with Crippen LogP contribution in [0.15, 0.2) is 72.1 Å². The van der Waals surface area contributed by atoms with Crippen LogP contribution in [0, 0.1) is 0 Å². The molecule has 0 aliphatic rings. The summed E-state index contributed by atoms with van der Waals surface area (Å²) in [6.45, 7) is 2.90. The van der Waals surface area contributed by atoms with Crippen molar-refractivity contribution in [2.45, 2.75) is 17.7 Å². The van der Waals surface area contributed by atoms with E-state index in [2.05, 4.69) is 27.1 Å². The molecule has 3 aromatic rings. The van der Waals surface area contributed by atoms with Crippen molar-refractivity contribution in [1.82, 2.24) is 9.97 Å². The molecule has 0 aliphatic heterocycles. The fourth-order valence-corrected chi connectivity index (χ4v) is 4.01. The van der Waals surface area contributed by atoms with Gasteiger partial charge in [0, 0.05) is 43.6 Å². The van der Waals surface area contributed by atoms with Crippen molar-refractivity contribution in [3.63, 3.8) is 0 Å². The Kier molecular flexibility index (Phi) is 6.49. The topological polar surface area (TPSA) is 75.2 Å². The molecule has 0 fully saturated rings. The van der Waals surface area contributed by atoms with Crippen molar-refractivity contribution < 1.29 is 9.00 Å². The van der Waals surface area contributed by atoms with E-state index in [1.54, 1.807) is 42.9 Å². The highest BCUT2D eigenvalue weighted by Gasteiger charge is 2.19. The molecule has 6 nitrogen and oxygen atoms in total. The minimum absolute atomic E-state index is 0.281. The van der Waals surface area contributed by atoms with Crippen LogP contribution in [-0.4, -0.2) is 33.7 Å². The second-order valence-corrected chi connectivity index (χ2v) is 7.55. The van der Waals surface area contributed by atoms with Crippen LogP contribution >= 0.6 is 0 Å². The molecule has 144 valence electrons. The summed E-state index contributed by atoms with van der Waals surface area (Å²) in [6.07, 6.45) is 4.75. The molecule has 3 rings (SSSR count). The third-order valence-corrected chi connectivity index (χ3v) is 5.66. The van der Waals surface area contributed by atoms with Crippen LogP contribution in [0.4, 0.5) is 11.4 Å². The number of aromatic nitrogens is 2. The first-order valence-corrected chi connectivity index (χ1v) is 10.3. The number of rotatable bonds is 7. The molecule has 0 saturated heterocycles. The van der Waals surface area contributed by atoms with Crippen LogP contribution in [0.1, 0.15) is 22.8 Å². The van der Waals surface area contributed by atoms with Gasteiger partial charge in [0.2, 0.25) is 0 Å². The number of nitrogens with zero attached hydrogens (tertiary/aromatic N) is 3. The first-order valence-electron chi connectivity index (χ1n) is 8.94. The van der Waals surface area contributed by atoms with Gasteiger partial charge in [0.1, 0.15) is 5.03 Å². The fourth-order valence-electron chi connectivity index (χ4n) is 2.76. The number of nitrogens with one attached hydrogen (secondary N) is 1. The predicted octanol–water partition coefficient (Wildman–Crippen LogP) is 3.49. The van der Waals surface area contributed by atoms with E-state index in [9.17, 15) is 9.00 Å². The first-order chi connectivity index (χ1) is 13.6. The largest absolute Gasteiger partial charge is 0.375 e. The molecular weight excluding hydrogens is 372 g/mol. The van der Waals surface area contributed by atoms with Crippen LogP contribution in [0.5, 0.6) is 0 Å². The van der Waals surface area contributed by atoms with E-state index < -0.39 is 10.8 Å². The van der Waals surface area contributed by atoms with Gasteiger partial charge in [-0.1, -0.05) is 18.2 Å². The molecule has 28 heavy (non-hydrogen) atoms. The smallest absolute Gasteiger partial charge is 0.258 e. The van der Waals surface area contributed by atoms with E-state index in [1.165, 1.54) is 0 Å². The second kappa shape index (κ2) is 9.23. The standard InChI is InChI=1S/C21H22N4O2S/c1-3-25(2)19-9-5-4-7-16(19)15-28(27)21-18(8-6-12-23-21)20(26)24-17-10-13-22-14-11-17/h4-14H,3,15H2,1-2H3,(H,22,24,26). The van der Waals surface area contributed by atoms with Gasteiger partial charge < -0.3 is 10.2 Å². The summed E-state index contributed by atoms with van der Waals surface area (Å²) >= 11 is 0. The number of hydrogen-bond donors (Lipinski definition) is 1. The summed E-state index contributed by atoms with van der Waals surface area (Å²) in [5, 5.41) is 3.08. The fraction of sp³-hybridized carbons (Fsp3) is 0.190. The van der Waals surface area contributed by atoms with Gasteiger partial charge in [0.25, 0.3) is 5.91 Å². The Balaban J connectivity index is 1.85. The van der Waals surface area contributed by atoms with Crippen molar-refractivity contribution in [3.05, 3.63) is 78.2 Å². The summed E-state index contributed by atoms with van der Waals surface area (Å²) in [4.78, 5) is 23.0. The number of carbonyl (C=O) groups is 1. The van der Waals surface area contributed by atoms with E-state index in [1.807, 2.05) is 31.3 Å². The van der Waals surface area contributed by atoms with Crippen molar-refractivity contribution in [2.24, 2.45) is 0 Å². The number of hydrogen-bond acceptors (Lipinski definition) is 5. The minimum Gasteiger partial charge on any atom is -0.375 e. The van der Waals surface area contributed by atoms with Crippen LogP contribution in [0.3, 0.4) is 0 Å². The van der Waals surface area contributed by atoms with Crippen LogP contribution < -0.4 is 10.2 Å². The SMILES string of the molecule is CCN(C)c1ccccc1CS(=O)c1ncccc1C(=O)Nc1ccncc1. The lowest BCUT2D eigenvalue weighted by Gasteiger charge is -2.20. The minimum atomic E-state index is -1.46. The molecule has 0 bridgehead atoms. The molecule has 0 aliphatic carbocycles. The maximum absolute atomic E-state index is 13.1. The number of para-hydroxylation sites is 1. The third-order valence-electron chi connectivity index (χ3n) is 4.33. The van der Waals surface area contributed by atoms with Crippen molar-refractivity contribution in [3.8, 4) is 0 Å². The molecule has 0 saturated carbocycles. The summed E-state index contributed by atoms with van der Waals surface area (Å²) in [5.41, 5.74) is 2.91. The van der Waals surface area contributed by atoms with E-state index in [-0.39, 0.29) is 16.7 Å². The summed E-state index contributed by atoms with van der Waals surface area (Å²) in [6, 6.07) is 14.5. The van der Waals surface area contributed by atoms with E-state index in [4.69, 9.17) is 0 Å². The van der Waals surface area contributed by atoms with Gasteiger partial charge in [0.15, 0.2) is 0 Å². The second-order valence-electron chi connectivity index (χ2n) is 6.18. The van der Waals surface area contributed by atoms with Gasteiger partial charge in [-0.05, 0) is 42.8 Å². The molecule has 1 N–H and O–H groups in total. The molecular formula is C21H22N4O2S. The lowest BCUT2D eigenvalue weighted by Crippen LogP contribution is -2.19. The normalized spacial score (nSPS) is 11.6. The van der Waals surface area contributed by atoms with Gasteiger partial charge in [0.05, 0.1) is 22.1 Å². The molecule has 0 radical (unpaired) electrons. The van der Waals surface area contributed by atoms with E-state index in [0.29, 0.717) is 11.3 Å². The molecule has 1 unspecified atom stereocenters. The van der Waals surface area contributed by atoms with Gasteiger partial charge in [-0.3, -0.25) is 14.0 Å². The number of pyridine rings is 2. The molecule has 2 heterocycles. The predicted molar refractivity (Wildman–Crippen MR) is 112 cm³/mol. The Morgan fingerprint density at radius 1 is 1.07 bits per heavy atom. The van der Waals surface area contributed by atoms with Crippen molar-refractivity contribution in [1.29, 1.82) is 0 Å². The molecule has 1 atom stereocenters. The van der Waals surface area contributed by atoms with Crippen molar-refractivity contribution in [2.75, 3.05) is 23.8 Å². The molecule has 0 spiro atoms. The monoisotopic (exact) mass is 394 g/mol. The Hall–Kier alpha value is -3.06. The van der Waals surface area contributed by atoms with E-state index >= 15 is 0 Å². The Morgan fingerprint density at radius 3 is 2.57 bits per heavy atom. The molecule has 2 aromatic heterocycles. The third kappa shape index (κ3) is 4.61. The maximum atomic E-state index is 13.1. The molecule has 7 heteroatoms. The van der Waals surface area contributed by atoms with Gasteiger partial charge >= 0.3 is 0 Å². The first kappa shape index (κ1) is 19.7. The number of anilines is 2. The highest BCUT2D eigenvalue weighted by molar-refractivity contribution is 7.84. The summed E-state index contributed by atoms with van der Waals surface area (Å²) < 4.78 is 13.1. The Bertz CT molecular complexity index is 979. The lowest BCUT2D eigenvalue weighted by atomic mass is 10.2. The quantitative estimate of drug-likeness (QED) is 0.664. The van der Waals surface area contributed by atoms with Crippen LogP contribution in [-0.2, 0) is 16.6 Å². The molecule has 1 aromatic carbocycles. The molecule has 1 amide bonds. The zero-order valence-electron chi connectivity index (χ0n) is 15.8. The highest BCUT2D eigenvalue weighted by Crippen LogP contribution is 2.23. The lowest BCUT2D eigenvalue weighted by molar-refractivity contribution is 0.102. The highest BCUT2D eigenvalue weighted by atomic mass is 32.2. The van der Waals surface area contributed by atoms with Gasteiger partial charge in [-0.25, -0.2) is 4.98 Å². The Labute approximate surface area is 167 Å². The average Bonchev–Trinajstić information content (AvgIpc) is 2.74. The summed E-state index contributed by atoms with van der Waals surface area (Å²) in [5.74, 6) is -0.0609. The number of carbonyl (C=O) groups excluding carboxylic acids is 1. The Morgan fingerprint density at radius 2 is 1.82 bits per heavy atom. The zero-order valence-corrected chi connectivity index (χ0v) is 16.6. The van der Waals surface area contributed by atoms with E-state index in [0.717, 1.165) is 17.8 Å². The van der Waals surface area contributed by atoms with Gasteiger partial charge in [-0.15, -0.1) is 0 Å². The van der Waals surface area contributed by atoms with Gasteiger partial charge in [-0.2, -0.15) is 0 Å². The van der Waals surface area contributed by atoms with Crippen molar-refractivity contribution >= 4 is 28.1 Å². The zero-order chi connectivity index (χ0) is 19.9. The van der Waals surface area contributed by atoms with Crippen LogP contribution in [0.25, 0.3) is 0 Å². The van der Waals surface area contributed by atoms with Crippen LogP contribution in [0.2, 0.25) is 0 Å². The maximum Gasteiger partial charge on any atom is 0.258 e.